The van der Waals surface area contributed by atoms with Crippen LogP contribution in [0.5, 0.6) is 0 Å². The molecule has 0 aliphatic heterocycles. The Morgan fingerprint density at radius 1 is 0.424 bits per heavy atom. The fourth-order valence-electron chi connectivity index (χ4n) is 3.62. The molecule has 0 aromatic rings. The third-order valence-electron chi connectivity index (χ3n) is 5.72. The highest BCUT2D eigenvalue weighted by molar-refractivity contribution is 5.76. The molecule has 0 saturated carbocycles. The summed E-state index contributed by atoms with van der Waals surface area (Å²) in [5.74, 6) is 0.352. The lowest BCUT2D eigenvalue weighted by molar-refractivity contribution is -0.122. The lowest BCUT2D eigenvalue weighted by atomic mass is 10.1. The molecule has 0 aliphatic rings. The molecular weight excluding hydrogens is 414 g/mol. The second-order valence-corrected chi connectivity index (χ2v) is 8.99. The van der Waals surface area contributed by atoms with Gasteiger partial charge in [0.05, 0.1) is 0 Å². The number of carbonyl (C=O) groups is 2. The maximum atomic E-state index is 11.8. The number of carbonyl (C=O) groups excluding carboxylic acids is 2. The number of hydrogen-bond acceptors (Lipinski definition) is 5. The van der Waals surface area contributed by atoms with Crippen molar-refractivity contribution in [3.8, 4) is 0 Å². The first-order valence-corrected chi connectivity index (χ1v) is 13.9. The molecule has 0 unspecified atom stereocenters. The van der Waals surface area contributed by atoms with Crippen LogP contribution in [0.3, 0.4) is 0 Å². The first kappa shape index (κ1) is 31.8. The van der Waals surface area contributed by atoms with E-state index in [1.165, 1.54) is 64.2 Å². The highest BCUT2D eigenvalue weighted by Gasteiger charge is 2.01. The van der Waals surface area contributed by atoms with Crippen LogP contribution in [0.15, 0.2) is 0 Å². The van der Waals surface area contributed by atoms with Gasteiger partial charge in [-0.3, -0.25) is 9.59 Å². The van der Waals surface area contributed by atoms with Gasteiger partial charge in [0.2, 0.25) is 11.8 Å². The van der Waals surface area contributed by atoms with Gasteiger partial charge in [-0.1, -0.05) is 78.1 Å². The minimum Gasteiger partial charge on any atom is -0.355 e. The first-order chi connectivity index (χ1) is 16.2. The van der Waals surface area contributed by atoms with Gasteiger partial charge in [0.1, 0.15) is 0 Å². The molecule has 196 valence electrons. The fraction of sp³-hybridized carbons (Fsp3) is 0.923. The molecule has 0 fully saturated rings. The summed E-state index contributed by atoms with van der Waals surface area (Å²) in [6.45, 7) is 11.0. The minimum atomic E-state index is 0.176. The van der Waals surface area contributed by atoms with Gasteiger partial charge in [0.25, 0.3) is 0 Å². The first-order valence-electron chi connectivity index (χ1n) is 13.9. The lowest BCUT2D eigenvalue weighted by Gasteiger charge is -2.09. The van der Waals surface area contributed by atoms with Crippen molar-refractivity contribution < 1.29 is 9.59 Å². The standard InChI is InChI=1S/C26H55N5O2/c1-3-5-7-9-11-13-15-25(32)30-23-21-28-19-17-27-18-20-29-22-24-31-26(33)16-14-12-10-8-6-4-2/h27-29H,3-24H2,1-2H3,(H,30,32)(H,31,33). The summed E-state index contributed by atoms with van der Waals surface area (Å²) < 4.78 is 0. The van der Waals surface area contributed by atoms with Crippen molar-refractivity contribution in [3.05, 3.63) is 0 Å². The van der Waals surface area contributed by atoms with E-state index < -0.39 is 0 Å². The second-order valence-electron chi connectivity index (χ2n) is 8.99. The van der Waals surface area contributed by atoms with Crippen LogP contribution < -0.4 is 26.6 Å². The fourth-order valence-corrected chi connectivity index (χ4v) is 3.62. The van der Waals surface area contributed by atoms with Crippen LogP contribution >= 0.6 is 0 Å². The van der Waals surface area contributed by atoms with Gasteiger partial charge in [-0.15, -0.1) is 0 Å². The summed E-state index contributed by atoms with van der Waals surface area (Å²) in [6, 6.07) is 0. The Labute approximate surface area is 204 Å². The van der Waals surface area contributed by atoms with Gasteiger partial charge in [-0.25, -0.2) is 0 Å². The van der Waals surface area contributed by atoms with Crippen molar-refractivity contribution in [2.75, 3.05) is 52.4 Å². The largest absolute Gasteiger partial charge is 0.355 e. The number of unbranched alkanes of at least 4 members (excludes halogenated alkanes) is 10. The Hall–Kier alpha value is -1.18. The molecular formula is C26H55N5O2. The Kier molecular flexibility index (Phi) is 26.1. The van der Waals surface area contributed by atoms with E-state index in [2.05, 4.69) is 40.4 Å². The van der Waals surface area contributed by atoms with Crippen molar-refractivity contribution in [3.63, 3.8) is 0 Å². The Morgan fingerprint density at radius 3 is 1.09 bits per heavy atom. The van der Waals surface area contributed by atoms with Gasteiger partial charge >= 0.3 is 0 Å². The molecule has 0 aromatic heterocycles. The van der Waals surface area contributed by atoms with E-state index in [-0.39, 0.29) is 11.8 Å². The van der Waals surface area contributed by atoms with E-state index in [1.54, 1.807) is 0 Å². The van der Waals surface area contributed by atoms with E-state index in [9.17, 15) is 9.59 Å². The molecule has 0 atom stereocenters. The van der Waals surface area contributed by atoms with Crippen LogP contribution in [0.1, 0.15) is 104 Å². The monoisotopic (exact) mass is 469 g/mol. The topological polar surface area (TPSA) is 94.3 Å². The van der Waals surface area contributed by atoms with Gasteiger partial charge in [-0.2, -0.15) is 0 Å². The van der Waals surface area contributed by atoms with Crippen LogP contribution in [-0.2, 0) is 9.59 Å². The molecule has 0 rings (SSSR count). The predicted molar refractivity (Wildman–Crippen MR) is 141 cm³/mol. The van der Waals surface area contributed by atoms with E-state index in [0.29, 0.717) is 25.9 Å². The number of hydrogen-bond donors (Lipinski definition) is 5. The SMILES string of the molecule is CCCCCCCCC(=O)NCCNCCNCCNCCNC(=O)CCCCCCCC. The third-order valence-corrected chi connectivity index (χ3v) is 5.72. The van der Waals surface area contributed by atoms with Gasteiger partial charge in [0.15, 0.2) is 0 Å². The van der Waals surface area contributed by atoms with Gasteiger partial charge < -0.3 is 26.6 Å². The van der Waals surface area contributed by atoms with Crippen LogP contribution in [0.25, 0.3) is 0 Å². The zero-order valence-electron chi connectivity index (χ0n) is 21.9. The molecule has 5 N–H and O–H groups in total. The van der Waals surface area contributed by atoms with Crippen LogP contribution in [0.2, 0.25) is 0 Å². The van der Waals surface area contributed by atoms with Crippen LogP contribution in [0.4, 0.5) is 0 Å². The van der Waals surface area contributed by atoms with Gasteiger partial charge in [-0.05, 0) is 12.8 Å². The molecule has 7 heteroatoms. The molecule has 0 spiro atoms. The third kappa shape index (κ3) is 26.9. The quantitative estimate of drug-likeness (QED) is 0.125. The summed E-state index contributed by atoms with van der Waals surface area (Å²) >= 11 is 0. The number of amides is 2. The Balaban J connectivity index is 3.20. The van der Waals surface area contributed by atoms with Crippen molar-refractivity contribution in [2.45, 2.75) is 104 Å². The average Bonchev–Trinajstić information content (AvgIpc) is 2.81. The summed E-state index contributed by atoms with van der Waals surface area (Å²) in [5, 5.41) is 16.0. The molecule has 33 heavy (non-hydrogen) atoms. The van der Waals surface area contributed by atoms with E-state index >= 15 is 0 Å². The summed E-state index contributed by atoms with van der Waals surface area (Å²) in [6.07, 6.45) is 15.9. The van der Waals surface area contributed by atoms with Crippen molar-refractivity contribution in [2.24, 2.45) is 0 Å². The van der Waals surface area contributed by atoms with Crippen LogP contribution in [-0.4, -0.2) is 64.2 Å². The number of rotatable bonds is 26. The van der Waals surface area contributed by atoms with Crippen molar-refractivity contribution in [1.82, 2.24) is 26.6 Å². The highest BCUT2D eigenvalue weighted by Crippen LogP contribution is 2.07. The highest BCUT2D eigenvalue weighted by atomic mass is 16.2. The predicted octanol–water partition coefficient (Wildman–Crippen LogP) is 3.49. The zero-order chi connectivity index (χ0) is 24.2. The maximum Gasteiger partial charge on any atom is 0.220 e. The summed E-state index contributed by atoms with van der Waals surface area (Å²) in [5.41, 5.74) is 0. The normalized spacial score (nSPS) is 11.0. The Bertz CT molecular complexity index is 397. The zero-order valence-corrected chi connectivity index (χ0v) is 21.9. The molecule has 0 aromatic carbocycles. The van der Waals surface area contributed by atoms with Crippen LogP contribution in [0, 0.1) is 0 Å². The van der Waals surface area contributed by atoms with Crippen molar-refractivity contribution >= 4 is 11.8 Å². The van der Waals surface area contributed by atoms with E-state index in [4.69, 9.17) is 0 Å². The second kappa shape index (κ2) is 27.1. The van der Waals surface area contributed by atoms with E-state index in [1.807, 2.05) is 0 Å². The molecule has 0 saturated heterocycles. The van der Waals surface area contributed by atoms with Crippen molar-refractivity contribution in [1.29, 1.82) is 0 Å². The smallest absolute Gasteiger partial charge is 0.220 e. The summed E-state index contributed by atoms with van der Waals surface area (Å²) in [7, 11) is 0. The average molecular weight is 470 g/mol. The maximum absolute atomic E-state index is 11.8. The molecule has 0 aliphatic carbocycles. The molecule has 0 heterocycles. The van der Waals surface area contributed by atoms with E-state index in [0.717, 1.165) is 52.1 Å². The summed E-state index contributed by atoms with van der Waals surface area (Å²) in [4.78, 5) is 23.5. The van der Waals surface area contributed by atoms with Gasteiger partial charge in [0, 0.05) is 65.2 Å². The Morgan fingerprint density at radius 2 is 0.727 bits per heavy atom. The molecule has 7 nitrogen and oxygen atoms in total. The molecule has 0 bridgehead atoms. The molecule has 0 radical (unpaired) electrons. The molecule has 2 amide bonds. The lowest BCUT2D eigenvalue weighted by Crippen LogP contribution is -2.37. The minimum absolute atomic E-state index is 0.176. The number of nitrogens with one attached hydrogen (secondary N) is 5.